The Hall–Kier alpha value is -0.120. The number of hydrogen-bond acceptors (Lipinski definition) is 3. The second-order valence-corrected chi connectivity index (χ2v) is 6.04. The van der Waals surface area contributed by atoms with Gasteiger partial charge in [0, 0.05) is 19.6 Å². The van der Waals surface area contributed by atoms with Gasteiger partial charge < -0.3 is 10.5 Å². The molecular formula is C16H34N2O. The molecule has 0 aromatic rings. The van der Waals surface area contributed by atoms with Crippen LogP contribution in [0.2, 0.25) is 0 Å². The van der Waals surface area contributed by atoms with Crippen molar-refractivity contribution in [1.29, 1.82) is 0 Å². The highest BCUT2D eigenvalue weighted by molar-refractivity contribution is 4.76. The summed E-state index contributed by atoms with van der Waals surface area (Å²) in [6.07, 6.45) is 11.7. The molecule has 3 heteroatoms. The Kier molecular flexibility index (Phi) is 9.48. The van der Waals surface area contributed by atoms with Gasteiger partial charge in [0.2, 0.25) is 0 Å². The summed E-state index contributed by atoms with van der Waals surface area (Å²) in [6, 6.07) is 0. The smallest absolute Gasteiger partial charge is 0.0828 e. The van der Waals surface area contributed by atoms with E-state index in [-0.39, 0.29) is 6.10 Å². The van der Waals surface area contributed by atoms with Crippen molar-refractivity contribution in [2.75, 3.05) is 26.2 Å². The molecule has 114 valence electrons. The topological polar surface area (TPSA) is 38.5 Å². The number of rotatable bonds is 10. The first-order chi connectivity index (χ1) is 9.26. The fourth-order valence-electron chi connectivity index (χ4n) is 2.92. The van der Waals surface area contributed by atoms with Crippen LogP contribution in [-0.4, -0.2) is 43.3 Å². The van der Waals surface area contributed by atoms with Gasteiger partial charge in [-0.3, -0.25) is 4.90 Å². The lowest BCUT2D eigenvalue weighted by molar-refractivity contribution is -0.0722. The molecule has 0 bridgehead atoms. The van der Waals surface area contributed by atoms with Crippen LogP contribution in [0.15, 0.2) is 0 Å². The van der Waals surface area contributed by atoms with Gasteiger partial charge >= 0.3 is 0 Å². The van der Waals surface area contributed by atoms with Gasteiger partial charge in [-0.1, -0.05) is 51.9 Å². The highest BCUT2D eigenvalue weighted by atomic mass is 16.5. The average Bonchev–Trinajstić information content (AvgIpc) is 2.41. The molecule has 1 aliphatic rings. The quantitative estimate of drug-likeness (QED) is 0.620. The number of nitrogens with two attached hydrogens (primary N) is 1. The minimum atomic E-state index is 0.248. The van der Waals surface area contributed by atoms with Gasteiger partial charge in [-0.05, 0) is 19.9 Å². The highest BCUT2D eigenvalue weighted by Gasteiger charge is 2.23. The molecule has 0 aliphatic carbocycles. The van der Waals surface area contributed by atoms with Crippen LogP contribution >= 0.6 is 0 Å². The maximum Gasteiger partial charge on any atom is 0.0828 e. The van der Waals surface area contributed by atoms with Crippen molar-refractivity contribution >= 4 is 0 Å². The number of ether oxygens (including phenoxy) is 1. The molecular weight excluding hydrogens is 236 g/mol. The molecule has 19 heavy (non-hydrogen) atoms. The van der Waals surface area contributed by atoms with Crippen molar-refractivity contribution in [1.82, 2.24) is 4.90 Å². The van der Waals surface area contributed by atoms with Crippen molar-refractivity contribution in [2.24, 2.45) is 5.73 Å². The first-order valence-corrected chi connectivity index (χ1v) is 8.34. The summed E-state index contributed by atoms with van der Waals surface area (Å²) in [5.41, 5.74) is 5.71. The van der Waals surface area contributed by atoms with Crippen LogP contribution in [0.4, 0.5) is 0 Å². The minimum absolute atomic E-state index is 0.248. The molecule has 1 aliphatic heterocycles. The number of morpholine rings is 1. The molecule has 2 unspecified atom stereocenters. The summed E-state index contributed by atoms with van der Waals surface area (Å²) < 4.78 is 5.78. The first-order valence-electron chi connectivity index (χ1n) is 8.34. The molecule has 0 saturated carbocycles. The summed E-state index contributed by atoms with van der Waals surface area (Å²) in [7, 11) is 0. The zero-order valence-corrected chi connectivity index (χ0v) is 13.1. The van der Waals surface area contributed by atoms with Gasteiger partial charge in [0.15, 0.2) is 0 Å². The summed E-state index contributed by atoms with van der Waals surface area (Å²) >= 11 is 0. The zero-order valence-electron chi connectivity index (χ0n) is 13.1. The summed E-state index contributed by atoms with van der Waals surface area (Å²) in [6.45, 7) is 8.41. The van der Waals surface area contributed by atoms with Gasteiger partial charge in [-0.2, -0.15) is 0 Å². The van der Waals surface area contributed by atoms with E-state index >= 15 is 0 Å². The third-order valence-corrected chi connectivity index (χ3v) is 3.99. The Morgan fingerprint density at radius 2 is 1.63 bits per heavy atom. The van der Waals surface area contributed by atoms with Crippen LogP contribution < -0.4 is 5.73 Å². The summed E-state index contributed by atoms with van der Waals surface area (Å²) in [4.78, 5) is 2.53. The second kappa shape index (κ2) is 10.6. The van der Waals surface area contributed by atoms with Crippen LogP contribution in [0, 0.1) is 0 Å². The van der Waals surface area contributed by atoms with E-state index in [2.05, 4.69) is 18.7 Å². The second-order valence-electron chi connectivity index (χ2n) is 6.04. The van der Waals surface area contributed by atoms with E-state index in [1.54, 1.807) is 0 Å². The third kappa shape index (κ3) is 7.91. The molecule has 0 amide bonds. The van der Waals surface area contributed by atoms with E-state index in [9.17, 15) is 0 Å². The molecule has 2 atom stereocenters. The van der Waals surface area contributed by atoms with Crippen LogP contribution in [0.3, 0.4) is 0 Å². The van der Waals surface area contributed by atoms with E-state index in [0.29, 0.717) is 12.6 Å². The molecule has 0 radical (unpaired) electrons. The third-order valence-electron chi connectivity index (χ3n) is 3.99. The van der Waals surface area contributed by atoms with Gasteiger partial charge in [0.1, 0.15) is 0 Å². The van der Waals surface area contributed by atoms with Crippen LogP contribution in [-0.2, 0) is 4.74 Å². The Morgan fingerprint density at radius 3 is 2.26 bits per heavy atom. The molecule has 1 rings (SSSR count). The molecule has 0 aromatic carbocycles. The maximum atomic E-state index is 5.78. The monoisotopic (exact) mass is 270 g/mol. The van der Waals surface area contributed by atoms with Gasteiger partial charge in [0.05, 0.1) is 12.2 Å². The van der Waals surface area contributed by atoms with Crippen LogP contribution in [0.25, 0.3) is 0 Å². The van der Waals surface area contributed by atoms with E-state index in [1.165, 1.54) is 57.9 Å². The predicted octanol–water partition coefficient (Wildman–Crippen LogP) is 3.18. The normalized spacial score (nSPS) is 24.8. The average molecular weight is 270 g/mol. The molecule has 1 saturated heterocycles. The number of nitrogens with zero attached hydrogens (tertiary/aromatic N) is 1. The zero-order chi connectivity index (χ0) is 13.9. The standard InChI is InChI=1S/C16H34N2O/c1-3-4-5-6-7-8-9-10-11-18-13-15(2)19-16(12-17)14-18/h15-16H,3-14,17H2,1-2H3. The van der Waals surface area contributed by atoms with Crippen molar-refractivity contribution in [3.63, 3.8) is 0 Å². The lowest BCUT2D eigenvalue weighted by Crippen LogP contribution is -2.49. The molecule has 0 aromatic heterocycles. The first kappa shape index (κ1) is 16.9. The summed E-state index contributed by atoms with van der Waals surface area (Å²) in [5.74, 6) is 0. The molecule has 1 fully saturated rings. The lowest BCUT2D eigenvalue weighted by atomic mass is 10.1. The minimum Gasteiger partial charge on any atom is -0.371 e. The van der Waals surface area contributed by atoms with Crippen LogP contribution in [0.5, 0.6) is 0 Å². The SMILES string of the molecule is CCCCCCCCCCN1CC(C)OC(CN)C1. The molecule has 2 N–H and O–H groups in total. The van der Waals surface area contributed by atoms with Crippen molar-refractivity contribution < 1.29 is 4.74 Å². The maximum absolute atomic E-state index is 5.78. The lowest BCUT2D eigenvalue weighted by Gasteiger charge is -2.36. The van der Waals surface area contributed by atoms with Crippen molar-refractivity contribution in [3.05, 3.63) is 0 Å². The Labute approximate surface area is 119 Å². The van der Waals surface area contributed by atoms with E-state index in [1.807, 2.05) is 0 Å². The van der Waals surface area contributed by atoms with Gasteiger partial charge in [0.25, 0.3) is 0 Å². The van der Waals surface area contributed by atoms with E-state index in [0.717, 1.165) is 13.1 Å². The Bertz CT molecular complexity index is 211. The van der Waals surface area contributed by atoms with E-state index < -0.39 is 0 Å². The summed E-state index contributed by atoms with van der Waals surface area (Å²) in [5, 5.41) is 0. The number of hydrogen-bond donors (Lipinski definition) is 1. The van der Waals surface area contributed by atoms with Crippen molar-refractivity contribution in [3.8, 4) is 0 Å². The molecule has 1 heterocycles. The van der Waals surface area contributed by atoms with Crippen LogP contribution in [0.1, 0.15) is 65.2 Å². The van der Waals surface area contributed by atoms with Gasteiger partial charge in [-0.15, -0.1) is 0 Å². The fourth-order valence-corrected chi connectivity index (χ4v) is 2.92. The predicted molar refractivity (Wildman–Crippen MR) is 82.4 cm³/mol. The Morgan fingerprint density at radius 1 is 1.00 bits per heavy atom. The van der Waals surface area contributed by atoms with Crippen molar-refractivity contribution in [2.45, 2.75) is 77.4 Å². The Balaban J connectivity index is 1.96. The van der Waals surface area contributed by atoms with E-state index in [4.69, 9.17) is 10.5 Å². The fraction of sp³-hybridized carbons (Fsp3) is 1.00. The van der Waals surface area contributed by atoms with Gasteiger partial charge in [-0.25, -0.2) is 0 Å². The molecule has 0 spiro atoms. The number of unbranched alkanes of at least 4 members (excludes halogenated alkanes) is 7. The highest BCUT2D eigenvalue weighted by Crippen LogP contribution is 2.13. The molecule has 3 nitrogen and oxygen atoms in total. The largest absolute Gasteiger partial charge is 0.371 e.